The fraction of sp³-hybridized carbons (Fsp3) is 0.583. The Balaban J connectivity index is 1.11. The quantitative estimate of drug-likeness (QED) is 0.173. The number of hydrogen-bond donors (Lipinski definition) is 1. The van der Waals surface area contributed by atoms with E-state index >= 15 is 0 Å². The first-order valence-electron chi connectivity index (χ1n) is 16.8. The summed E-state index contributed by atoms with van der Waals surface area (Å²) in [4.78, 5) is 40.1. The Kier molecular flexibility index (Phi) is 13.4. The summed E-state index contributed by atoms with van der Waals surface area (Å²) < 4.78 is 17.2. The third-order valence-corrected chi connectivity index (χ3v) is 8.92. The third-order valence-electron chi connectivity index (χ3n) is 8.92. The number of esters is 1. The molecule has 0 radical (unpaired) electrons. The maximum absolute atomic E-state index is 13.0. The highest BCUT2D eigenvalue weighted by molar-refractivity contribution is 5.79. The van der Waals surface area contributed by atoms with Crippen LogP contribution in [0.5, 0.6) is 17.2 Å². The average Bonchev–Trinajstić information content (AvgIpc) is 3.05. The summed E-state index contributed by atoms with van der Waals surface area (Å²) in [6.45, 7) is 5.24. The molecule has 1 atom stereocenters. The Morgan fingerprint density at radius 2 is 1.43 bits per heavy atom. The van der Waals surface area contributed by atoms with Gasteiger partial charge in [0.05, 0.1) is 5.92 Å². The van der Waals surface area contributed by atoms with Gasteiger partial charge in [-0.2, -0.15) is 0 Å². The summed E-state index contributed by atoms with van der Waals surface area (Å²) in [6, 6.07) is 16.6. The molecule has 0 spiro atoms. The van der Waals surface area contributed by atoms with Crippen LogP contribution in [-0.4, -0.2) is 48.1 Å². The van der Waals surface area contributed by atoms with E-state index in [-0.39, 0.29) is 35.9 Å². The molecule has 44 heavy (non-hydrogen) atoms. The van der Waals surface area contributed by atoms with Crippen molar-refractivity contribution in [2.45, 2.75) is 109 Å². The van der Waals surface area contributed by atoms with Gasteiger partial charge in [-0.3, -0.25) is 9.59 Å². The van der Waals surface area contributed by atoms with E-state index in [2.05, 4.69) is 19.2 Å². The van der Waals surface area contributed by atoms with Crippen molar-refractivity contribution in [1.29, 1.82) is 0 Å². The zero-order valence-electron chi connectivity index (χ0n) is 26.5. The topological polar surface area (TPSA) is 94.2 Å². The molecule has 2 aromatic rings. The van der Waals surface area contributed by atoms with Gasteiger partial charge < -0.3 is 24.4 Å². The number of para-hydroxylation sites is 1. The highest BCUT2D eigenvalue weighted by Gasteiger charge is 2.31. The van der Waals surface area contributed by atoms with E-state index in [0.717, 1.165) is 50.7 Å². The van der Waals surface area contributed by atoms with Crippen LogP contribution in [0.4, 0.5) is 4.79 Å². The van der Waals surface area contributed by atoms with Crippen molar-refractivity contribution in [2.75, 3.05) is 13.1 Å². The predicted molar refractivity (Wildman–Crippen MR) is 171 cm³/mol. The Labute approximate surface area is 262 Å². The molecule has 1 aliphatic heterocycles. The van der Waals surface area contributed by atoms with E-state index in [1.54, 1.807) is 29.2 Å². The molecule has 0 aromatic heterocycles. The Hall–Kier alpha value is -3.55. The van der Waals surface area contributed by atoms with Gasteiger partial charge in [0.2, 0.25) is 5.91 Å². The minimum Gasteiger partial charge on any atom is -0.462 e. The maximum atomic E-state index is 13.0. The van der Waals surface area contributed by atoms with Gasteiger partial charge in [0.25, 0.3) is 0 Å². The van der Waals surface area contributed by atoms with E-state index < -0.39 is 6.09 Å². The number of ether oxygens (including phenoxy) is 3. The van der Waals surface area contributed by atoms with Gasteiger partial charge in [0.1, 0.15) is 23.4 Å². The average molecular weight is 607 g/mol. The first-order chi connectivity index (χ1) is 21.4. The van der Waals surface area contributed by atoms with Crippen molar-refractivity contribution in [2.24, 2.45) is 11.8 Å². The molecule has 1 saturated carbocycles. The van der Waals surface area contributed by atoms with Crippen LogP contribution in [0.2, 0.25) is 0 Å². The summed E-state index contributed by atoms with van der Waals surface area (Å²) in [5.41, 5.74) is 0. The number of likely N-dealkylation sites (tertiary alicyclic amines) is 1. The largest absolute Gasteiger partial charge is 0.462 e. The molecule has 8 nitrogen and oxygen atoms in total. The van der Waals surface area contributed by atoms with Crippen molar-refractivity contribution in [3.63, 3.8) is 0 Å². The second-order valence-electron chi connectivity index (χ2n) is 12.2. The lowest BCUT2D eigenvalue weighted by Crippen LogP contribution is -2.47. The van der Waals surface area contributed by atoms with Crippen molar-refractivity contribution in [3.8, 4) is 17.2 Å². The maximum Gasteiger partial charge on any atom is 0.415 e. The summed E-state index contributed by atoms with van der Waals surface area (Å²) >= 11 is 0. The Morgan fingerprint density at radius 1 is 0.795 bits per heavy atom. The molecule has 1 heterocycles. The van der Waals surface area contributed by atoms with Crippen LogP contribution >= 0.6 is 0 Å². The van der Waals surface area contributed by atoms with E-state index in [9.17, 15) is 14.4 Å². The van der Waals surface area contributed by atoms with E-state index in [4.69, 9.17) is 14.2 Å². The van der Waals surface area contributed by atoms with Gasteiger partial charge in [-0.25, -0.2) is 4.79 Å². The normalized spacial score (nSPS) is 19.5. The number of rotatable bonds is 14. The summed E-state index contributed by atoms with van der Waals surface area (Å²) in [5, 5.41) is 3.22. The van der Waals surface area contributed by atoms with Gasteiger partial charge in [-0.1, -0.05) is 64.2 Å². The minimum atomic E-state index is -0.407. The molecular formula is C36H50N2O6. The monoisotopic (exact) mass is 606 g/mol. The number of benzene rings is 2. The van der Waals surface area contributed by atoms with Crippen LogP contribution in [0.1, 0.15) is 97.3 Å². The van der Waals surface area contributed by atoms with E-state index in [1.165, 1.54) is 25.7 Å². The van der Waals surface area contributed by atoms with Crippen molar-refractivity contribution in [1.82, 2.24) is 10.2 Å². The van der Waals surface area contributed by atoms with Gasteiger partial charge >= 0.3 is 12.1 Å². The van der Waals surface area contributed by atoms with Gasteiger partial charge in [0.15, 0.2) is 0 Å². The van der Waals surface area contributed by atoms with Crippen molar-refractivity contribution < 1.29 is 28.6 Å². The number of unbranched alkanes of at least 4 members (excludes halogenated alkanes) is 4. The lowest BCUT2D eigenvalue weighted by atomic mass is 9.90. The van der Waals surface area contributed by atoms with Crippen LogP contribution in [0.3, 0.4) is 0 Å². The number of nitrogens with one attached hydrogen (secondary N) is 1. The molecule has 2 aromatic carbocycles. The molecule has 2 amide bonds. The Bertz CT molecular complexity index is 1150. The number of nitrogens with zero attached hydrogens (tertiary/aromatic N) is 1. The zero-order chi connectivity index (χ0) is 31.1. The molecule has 1 saturated heterocycles. The van der Waals surface area contributed by atoms with E-state index in [1.807, 2.05) is 30.3 Å². The smallest absolute Gasteiger partial charge is 0.415 e. The number of carbonyl (C=O) groups is 3. The molecule has 0 bridgehead atoms. The molecule has 1 aliphatic carbocycles. The van der Waals surface area contributed by atoms with Gasteiger partial charge in [-0.05, 0) is 87.8 Å². The molecule has 2 aliphatic rings. The number of carbonyl (C=O) groups excluding carboxylic acids is 3. The molecule has 1 N–H and O–H groups in total. The number of amides is 2. The van der Waals surface area contributed by atoms with E-state index in [0.29, 0.717) is 37.4 Å². The molecule has 2 fully saturated rings. The SMILES string of the molecule is CCCCCCCC(CC)C(=O)OC1CCC(NC(=O)C2CCN(C(=O)Oc3ccc(Oc4ccccc4)cc3)CC2)CC1. The standard InChI is InChI=1S/C36H50N2O6/c1-3-5-6-7-9-12-27(4-2)35(40)43-32-17-15-29(16-18-32)37-34(39)28-23-25-38(26-24-28)36(41)44-33-21-19-31(20-22-33)42-30-13-10-8-11-14-30/h8,10-11,13-14,19-22,27-29,32H,3-7,9,12,15-18,23-26H2,1-2H3,(H,37,39). The highest BCUT2D eigenvalue weighted by atomic mass is 16.6. The highest BCUT2D eigenvalue weighted by Crippen LogP contribution is 2.27. The number of piperidine rings is 1. The second kappa shape index (κ2) is 17.7. The summed E-state index contributed by atoms with van der Waals surface area (Å²) in [7, 11) is 0. The van der Waals surface area contributed by atoms with Crippen LogP contribution < -0.4 is 14.8 Å². The van der Waals surface area contributed by atoms with Gasteiger partial charge in [-0.15, -0.1) is 0 Å². The van der Waals surface area contributed by atoms with Gasteiger partial charge in [0, 0.05) is 25.0 Å². The van der Waals surface area contributed by atoms with Crippen LogP contribution in [0.15, 0.2) is 54.6 Å². The molecule has 8 heteroatoms. The number of hydrogen-bond acceptors (Lipinski definition) is 6. The molecule has 4 rings (SSSR count). The third kappa shape index (κ3) is 10.6. The first kappa shape index (κ1) is 33.3. The fourth-order valence-corrected chi connectivity index (χ4v) is 6.08. The van der Waals surface area contributed by atoms with Crippen LogP contribution in [0, 0.1) is 11.8 Å². The van der Waals surface area contributed by atoms with Crippen molar-refractivity contribution in [3.05, 3.63) is 54.6 Å². The fourth-order valence-electron chi connectivity index (χ4n) is 6.08. The minimum absolute atomic E-state index is 0.00252. The Morgan fingerprint density at radius 3 is 2.09 bits per heavy atom. The molecular weight excluding hydrogens is 556 g/mol. The zero-order valence-corrected chi connectivity index (χ0v) is 26.5. The lowest BCUT2D eigenvalue weighted by Gasteiger charge is -2.33. The lowest BCUT2D eigenvalue weighted by molar-refractivity contribution is -0.156. The molecule has 1 unspecified atom stereocenters. The predicted octanol–water partition coefficient (Wildman–Crippen LogP) is 8.05. The first-order valence-corrected chi connectivity index (χ1v) is 16.8. The summed E-state index contributed by atoms with van der Waals surface area (Å²) in [6.07, 6.45) is 11.7. The van der Waals surface area contributed by atoms with Crippen LogP contribution in [0.25, 0.3) is 0 Å². The van der Waals surface area contributed by atoms with Crippen molar-refractivity contribution >= 4 is 18.0 Å². The van der Waals surface area contributed by atoms with Crippen LogP contribution in [-0.2, 0) is 14.3 Å². The molecule has 240 valence electrons. The second-order valence-corrected chi connectivity index (χ2v) is 12.2. The summed E-state index contributed by atoms with van der Waals surface area (Å²) in [5.74, 6) is 1.73.